The van der Waals surface area contributed by atoms with Crippen LogP contribution in [0, 0.1) is 0 Å². The lowest BCUT2D eigenvalue weighted by Crippen LogP contribution is -2.28. The van der Waals surface area contributed by atoms with E-state index in [0.29, 0.717) is 82.8 Å². The second-order valence-corrected chi connectivity index (χ2v) is 9.52. The van der Waals surface area contributed by atoms with Crippen LogP contribution in [0.4, 0.5) is 0 Å². The number of pyridine rings is 1. The van der Waals surface area contributed by atoms with Gasteiger partial charge in [0, 0.05) is 18.7 Å². The Morgan fingerprint density at radius 1 is 0.881 bits per heavy atom. The molecular formula is C29H41N5O8. The van der Waals surface area contributed by atoms with Crippen molar-refractivity contribution in [2.45, 2.75) is 13.0 Å². The van der Waals surface area contributed by atoms with E-state index in [2.05, 4.69) is 20.2 Å². The van der Waals surface area contributed by atoms with Gasteiger partial charge in [0.25, 0.3) is 5.91 Å². The van der Waals surface area contributed by atoms with Gasteiger partial charge in [0.05, 0.1) is 72.1 Å². The number of amides is 1. The van der Waals surface area contributed by atoms with Gasteiger partial charge in [-0.05, 0) is 32.3 Å². The predicted octanol–water partition coefficient (Wildman–Crippen LogP) is 1.69. The van der Waals surface area contributed by atoms with Gasteiger partial charge >= 0.3 is 5.97 Å². The largest absolute Gasteiger partial charge is 0.492 e. The van der Waals surface area contributed by atoms with Gasteiger partial charge in [0.2, 0.25) is 0 Å². The zero-order valence-corrected chi connectivity index (χ0v) is 24.3. The smallest absolute Gasteiger partial charge is 0.305 e. The zero-order chi connectivity index (χ0) is 30.0. The first-order valence-electron chi connectivity index (χ1n) is 13.9. The number of fused-ring (bicyclic) bond motifs is 1. The van der Waals surface area contributed by atoms with Crippen molar-refractivity contribution in [1.29, 1.82) is 0 Å². The SMILES string of the molecule is CN(C)CCOc1ccccc1Cn1cnc2ccc(C(=O)NCCOCCOCCOCCOCCC(=O)O)nc21. The van der Waals surface area contributed by atoms with Crippen molar-refractivity contribution < 1.29 is 38.4 Å². The monoisotopic (exact) mass is 587 g/mol. The Kier molecular flexibility index (Phi) is 14.7. The number of rotatable bonds is 22. The fourth-order valence-electron chi connectivity index (χ4n) is 3.73. The summed E-state index contributed by atoms with van der Waals surface area (Å²) in [5.74, 6) is -0.366. The van der Waals surface area contributed by atoms with E-state index in [-0.39, 0.29) is 18.9 Å². The maximum atomic E-state index is 12.7. The highest BCUT2D eigenvalue weighted by Crippen LogP contribution is 2.21. The summed E-state index contributed by atoms with van der Waals surface area (Å²) in [5.41, 5.74) is 2.63. The number of carbonyl (C=O) groups excluding carboxylic acids is 1. The molecule has 42 heavy (non-hydrogen) atoms. The van der Waals surface area contributed by atoms with Crippen LogP contribution in [0.2, 0.25) is 0 Å². The fraction of sp³-hybridized carbons (Fsp3) is 0.517. The quantitative estimate of drug-likeness (QED) is 0.166. The van der Waals surface area contributed by atoms with Gasteiger partial charge in [0.15, 0.2) is 5.65 Å². The van der Waals surface area contributed by atoms with E-state index >= 15 is 0 Å². The summed E-state index contributed by atoms with van der Waals surface area (Å²) in [6, 6.07) is 11.3. The van der Waals surface area contributed by atoms with Crippen molar-refractivity contribution in [1.82, 2.24) is 24.8 Å². The Hall–Kier alpha value is -3.62. The number of nitrogens with zero attached hydrogens (tertiary/aromatic N) is 4. The minimum absolute atomic E-state index is 0.0176. The first kappa shape index (κ1) is 32.9. The molecule has 0 aliphatic rings. The molecule has 3 rings (SSSR count). The molecule has 13 heteroatoms. The van der Waals surface area contributed by atoms with Crippen LogP contribution in [0.1, 0.15) is 22.5 Å². The number of carboxylic acid groups (broad SMARTS) is 1. The van der Waals surface area contributed by atoms with E-state index in [9.17, 15) is 9.59 Å². The van der Waals surface area contributed by atoms with Crippen molar-refractivity contribution >= 4 is 23.0 Å². The number of likely N-dealkylation sites (N-methyl/N-ethyl adjacent to an activating group) is 1. The van der Waals surface area contributed by atoms with Gasteiger partial charge in [-0.15, -0.1) is 0 Å². The lowest BCUT2D eigenvalue weighted by Gasteiger charge is -2.14. The zero-order valence-electron chi connectivity index (χ0n) is 24.3. The van der Waals surface area contributed by atoms with E-state index in [1.807, 2.05) is 42.9 Å². The number of carbonyl (C=O) groups is 2. The third-order valence-electron chi connectivity index (χ3n) is 5.91. The highest BCUT2D eigenvalue weighted by atomic mass is 16.6. The second kappa shape index (κ2) is 18.7. The molecule has 13 nitrogen and oxygen atoms in total. The number of carboxylic acids is 1. The summed E-state index contributed by atoms with van der Waals surface area (Å²) in [4.78, 5) is 34.1. The van der Waals surface area contributed by atoms with Crippen LogP contribution < -0.4 is 10.1 Å². The molecule has 1 aromatic carbocycles. The van der Waals surface area contributed by atoms with Crippen LogP contribution in [0.25, 0.3) is 11.2 Å². The van der Waals surface area contributed by atoms with Crippen molar-refractivity contribution in [3.8, 4) is 5.75 Å². The highest BCUT2D eigenvalue weighted by molar-refractivity contribution is 5.94. The summed E-state index contributed by atoms with van der Waals surface area (Å²) in [6.07, 6.45) is 1.70. The Morgan fingerprint density at radius 3 is 2.24 bits per heavy atom. The number of imidazole rings is 1. The number of hydrogen-bond acceptors (Lipinski definition) is 10. The third-order valence-corrected chi connectivity index (χ3v) is 5.91. The van der Waals surface area contributed by atoms with Crippen molar-refractivity contribution in [2.24, 2.45) is 0 Å². The molecule has 0 aliphatic heterocycles. The number of aliphatic carboxylic acids is 1. The van der Waals surface area contributed by atoms with Crippen LogP contribution in [-0.4, -0.2) is 123 Å². The molecule has 0 radical (unpaired) electrons. The molecule has 0 spiro atoms. The standard InChI is InChI=1S/C29H41N5O8/c1-33(2)11-14-42-26-6-4-3-5-23(26)21-34-22-31-24-7-8-25(32-28(24)34)29(37)30-10-13-39-16-18-41-20-19-40-17-15-38-12-9-27(35)36/h3-8,22H,9-21H2,1-2H3,(H,30,37)(H,35,36). The second-order valence-electron chi connectivity index (χ2n) is 9.52. The van der Waals surface area contributed by atoms with Gasteiger partial charge < -0.3 is 43.6 Å². The normalized spacial score (nSPS) is 11.3. The van der Waals surface area contributed by atoms with Crippen LogP contribution in [0.5, 0.6) is 5.75 Å². The fourth-order valence-corrected chi connectivity index (χ4v) is 3.73. The summed E-state index contributed by atoms with van der Waals surface area (Å²) in [6.45, 7) is 5.08. The number of hydrogen-bond donors (Lipinski definition) is 2. The van der Waals surface area contributed by atoms with Crippen molar-refractivity contribution in [2.75, 3.05) is 86.6 Å². The Labute approximate surface area is 245 Å². The first-order valence-corrected chi connectivity index (χ1v) is 13.9. The Bertz CT molecular complexity index is 1240. The molecule has 0 bridgehead atoms. The van der Waals surface area contributed by atoms with Gasteiger partial charge in [-0.1, -0.05) is 18.2 Å². The minimum Gasteiger partial charge on any atom is -0.492 e. The van der Waals surface area contributed by atoms with Crippen molar-refractivity contribution in [3.63, 3.8) is 0 Å². The molecule has 0 fully saturated rings. The number of para-hydroxylation sites is 1. The molecule has 0 aliphatic carbocycles. The number of nitrogens with one attached hydrogen (secondary N) is 1. The minimum atomic E-state index is -0.886. The molecule has 230 valence electrons. The first-order chi connectivity index (χ1) is 20.4. The van der Waals surface area contributed by atoms with Crippen LogP contribution in [-0.2, 0) is 30.3 Å². The average molecular weight is 588 g/mol. The van der Waals surface area contributed by atoms with Gasteiger partial charge in [-0.2, -0.15) is 0 Å². The molecule has 0 saturated carbocycles. The lowest BCUT2D eigenvalue weighted by molar-refractivity contribution is -0.138. The van der Waals surface area contributed by atoms with E-state index < -0.39 is 5.97 Å². The Morgan fingerprint density at radius 2 is 1.55 bits per heavy atom. The summed E-state index contributed by atoms with van der Waals surface area (Å²) < 4.78 is 29.3. The molecule has 2 aromatic heterocycles. The maximum absolute atomic E-state index is 12.7. The van der Waals surface area contributed by atoms with E-state index in [1.165, 1.54) is 0 Å². The molecule has 3 aromatic rings. The average Bonchev–Trinajstić information content (AvgIpc) is 3.37. The van der Waals surface area contributed by atoms with Gasteiger partial charge in [-0.3, -0.25) is 9.59 Å². The van der Waals surface area contributed by atoms with Crippen LogP contribution in [0.15, 0.2) is 42.7 Å². The molecule has 0 unspecified atom stereocenters. The molecule has 2 heterocycles. The number of aromatic nitrogens is 3. The summed E-state index contributed by atoms with van der Waals surface area (Å²) in [5, 5.41) is 11.3. The third kappa shape index (κ3) is 12.1. The molecular weight excluding hydrogens is 546 g/mol. The molecule has 0 saturated heterocycles. The Balaban J connectivity index is 1.33. The highest BCUT2D eigenvalue weighted by Gasteiger charge is 2.13. The predicted molar refractivity (Wildman–Crippen MR) is 155 cm³/mol. The summed E-state index contributed by atoms with van der Waals surface area (Å²) in [7, 11) is 4.01. The maximum Gasteiger partial charge on any atom is 0.305 e. The van der Waals surface area contributed by atoms with Gasteiger partial charge in [0.1, 0.15) is 23.6 Å². The van der Waals surface area contributed by atoms with E-state index in [4.69, 9.17) is 28.8 Å². The number of benzene rings is 1. The molecule has 2 N–H and O–H groups in total. The van der Waals surface area contributed by atoms with Crippen LogP contribution >= 0.6 is 0 Å². The van der Waals surface area contributed by atoms with Gasteiger partial charge in [-0.25, -0.2) is 9.97 Å². The summed E-state index contributed by atoms with van der Waals surface area (Å²) >= 11 is 0. The van der Waals surface area contributed by atoms with Crippen molar-refractivity contribution in [3.05, 3.63) is 54.0 Å². The topological polar surface area (TPSA) is 146 Å². The van der Waals surface area contributed by atoms with E-state index in [0.717, 1.165) is 17.9 Å². The van der Waals surface area contributed by atoms with E-state index in [1.54, 1.807) is 18.5 Å². The number of ether oxygens (including phenoxy) is 5. The molecule has 1 amide bonds. The molecule has 0 atom stereocenters. The lowest BCUT2D eigenvalue weighted by atomic mass is 10.2. The van der Waals surface area contributed by atoms with Crippen LogP contribution in [0.3, 0.4) is 0 Å².